The van der Waals surface area contributed by atoms with Crippen LogP contribution in [0.25, 0.3) is 10.8 Å². The molecule has 2 aromatic carbocycles. The molecule has 5 nitrogen and oxygen atoms in total. The summed E-state index contributed by atoms with van der Waals surface area (Å²) in [5, 5.41) is 28.9. The first-order valence-electron chi connectivity index (χ1n) is 6.69. The van der Waals surface area contributed by atoms with Gasteiger partial charge in [-0.3, -0.25) is 4.79 Å². The van der Waals surface area contributed by atoms with E-state index in [1.54, 1.807) is 19.1 Å². The molecule has 21 heavy (non-hydrogen) atoms. The van der Waals surface area contributed by atoms with Crippen molar-refractivity contribution in [2.75, 3.05) is 13.2 Å². The third-order valence-corrected chi connectivity index (χ3v) is 3.36. The van der Waals surface area contributed by atoms with E-state index in [9.17, 15) is 9.90 Å². The molecule has 0 fully saturated rings. The third-order valence-electron chi connectivity index (χ3n) is 3.36. The van der Waals surface area contributed by atoms with Crippen molar-refractivity contribution >= 4 is 16.7 Å². The number of hydrogen-bond acceptors (Lipinski definition) is 4. The molecule has 0 aromatic heterocycles. The Kier molecular flexibility index (Phi) is 4.77. The van der Waals surface area contributed by atoms with Crippen LogP contribution >= 0.6 is 0 Å². The SMILES string of the molecule is CC(C(=O)O)c1ccc2cc(OCC(O)CO)ccc2c1. The Morgan fingerprint density at radius 3 is 2.52 bits per heavy atom. The molecule has 0 amide bonds. The maximum absolute atomic E-state index is 11.0. The molecule has 2 atom stereocenters. The zero-order chi connectivity index (χ0) is 15.4. The molecule has 0 bridgehead atoms. The second-order valence-corrected chi connectivity index (χ2v) is 4.98. The van der Waals surface area contributed by atoms with Gasteiger partial charge >= 0.3 is 5.97 Å². The van der Waals surface area contributed by atoms with Crippen LogP contribution in [0.5, 0.6) is 5.75 Å². The minimum Gasteiger partial charge on any atom is -0.491 e. The molecule has 2 rings (SSSR count). The second kappa shape index (κ2) is 6.56. The predicted octanol–water partition coefficient (Wildman–Crippen LogP) is 1.76. The van der Waals surface area contributed by atoms with E-state index < -0.39 is 18.0 Å². The average molecular weight is 290 g/mol. The first kappa shape index (κ1) is 15.3. The van der Waals surface area contributed by atoms with Crippen molar-refractivity contribution < 1.29 is 24.9 Å². The van der Waals surface area contributed by atoms with Gasteiger partial charge in [-0.05, 0) is 35.4 Å². The predicted molar refractivity (Wildman–Crippen MR) is 78.6 cm³/mol. The molecule has 0 aliphatic heterocycles. The summed E-state index contributed by atoms with van der Waals surface area (Å²) in [5.74, 6) is -0.814. The van der Waals surface area contributed by atoms with Gasteiger partial charge in [0.05, 0.1) is 12.5 Å². The number of ether oxygens (including phenoxy) is 1. The zero-order valence-electron chi connectivity index (χ0n) is 11.7. The van der Waals surface area contributed by atoms with Crippen molar-refractivity contribution in [3.63, 3.8) is 0 Å². The van der Waals surface area contributed by atoms with Crippen molar-refractivity contribution in [3.8, 4) is 5.75 Å². The van der Waals surface area contributed by atoms with Gasteiger partial charge in [0, 0.05) is 0 Å². The number of aliphatic hydroxyl groups excluding tert-OH is 2. The number of hydrogen-bond donors (Lipinski definition) is 3. The highest BCUT2D eigenvalue weighted by Gasteiger charge is 2.13. The van der Waals surface area contributed by atoms with Gasteiger partial charge in [0.1, 0.15) is 18.5 Å². The van der Waals surface area contributed by atoms with Crippen LogP contribution in [0.2, 0.25) is 0 Å². The van der Waals surface area contributed by atoms with Gasteiger partial charge in [0.15, 0.2) is 0 Å². The van der Waals surface area contributed by atoms with Crippen LogP contribution in [-0.2, 0) is 4.79 Å². The van der Waals surface area contributed by atoms with Crippen molar-refractivity contribution in [1.29, 1.82) is 0 Å². The summed E-state index contributed by atoms with van der Waals surface area (Å²) < 4.78 is 5.38. The summed E-state index contributed by atoms with van der Waals surface area (Å²) in [5.41, 5.74) is 0.749. The van der Waals surface area contributed by atoms with Gasteiger partial charge in [0.2, 0.25) is 0 Å². The van der Waals surface area contributed by atoms with Gasteiger partial charge in [-0.15, -0.1) is 0 Å². The van der Waals surface area contributed by atoms with Gasteiger partial charge in [-0.2, -0.15) is 0 Å². The summed E-state index contributed by atoms with van der Waals surface area (Å²) in [6.07, 6.45) is -0.903. The van der Waals surface area contributed by atoms with Crippen LogP contribution < -0.4 is 4.74 Å². The number of carbonyl (C=O) groups is 1. The van der Waals surface area contributed by atoms with Crippen molar-refractivity contribution in [2.24, 2.45) is 0 Å². The molecule has 0 aliphatic carbocycles. The molecule has 0 radical (unpaired) electrons. The normalized spacial score (nSPS) is 13.9. The van der Waals surface area contributed by atoms with Crippen LogP contribution in [-0.4, -0.2) is 40.6 Å². The van der Waals surface area contributed by atoms with Gasteiger partial charge < -0.3 is 20.1 Å². The Labute approximate surface area is 122 Å². The summed E-state index contributed by atoms with van der Waals surface area (Å²) in [6.45, 7) is 1.33. The molecule has 112 valence electrons. The number of fused-ring (bicyclic) bond motifs is 1. The van der Waals surface area contributed by atoms with E-state index >= 15 is 0 Å². The highest BCUT2D eigenvalue weighted by Crippen LogP contribution is 2.25. The molecule has 0 heterocycles. The number of aliphatic carboxylic acids is 1. The summed E-state index contributed by atoms with van der Waals surface area (Å²) in [6, 6.07) is 10.9. The van der Waals surface area contributed by atoms with Crippen LogP contribution in [0.15, 0.2) is 36.4 Å². The van der Waals surface area contributed by atoms with E-state index in [-0.39, 0.29) is 13.2 Å². The average Bonchev–Trinajstić information content (AvgIpc) is 2.50. The van der Waals surface area contributed by atoms with E-state index in [4.69, 9.17) is 14.9 Å². The van der Waals surface area contributed by atoms with E-state index in [0.717, 1.165) is 16.3 Å². The maximum atomic E-state index is 11.0. The second-order valence-electron chi connectivity index (χ2n) is 4.98. The fourth-order valence-corrected chi connectivity index (χ4v) is 1.99. The minimum absolute atomic E-state index is 0.0239. The van der Waals surface area contributed by atoms with E-state index in [1.165, 1.54) is 0 Å². The molecular formula is C16H18O5. The minimum atomic E-state index is -0.903. The maximum Gasteiger partial charge on any atom is 0.310 e. The van der Waals surface area contributed by atoms with E-state index in [0.29, 0.717) is 5.75 Å². The molecular weight excluding hydrogens is 272 g/mol. The highest BCUT2D eigenvalue weighted by atomic mass is 16.5. The molecule has 2 unspecified atom stereocenters. The highest BCUT2D eigenvalue weighted by molar-refractivity contribution is 5.86. The lowest BCUT2D eigenvalue weighted by molar-refractivity contribution is -0.138. The molecule has 0 saturated heterocycles. The lowest BCUT2D eigenvalue weighted by Crippen LogP contribution is -2.21. The smallest absolute Gasteiger partial charge is 0.310 e. The number of benzene rings is 2. The number of carboxylic acid groups (broad SMARTS) is 1. The molecule has 0 saturated carbocycles. The van der Waals surface area contributed by atoms with Gasteiger partial charge in [-0.1, -0.05) is 24.3 Å². The number of rotatable bonds is 6. The molecule has 0 aliphatic rings. The summed E-state index contributed by atoms with van der Waals surface area (Å²) in [7, 11) is 0. The molecule has 5 heteroatoms. The largest absolute Gasteiger partial charge is 0.491 e. The standard InChI is InChI=1S/C16H18O5/c1-10(16(19)20)11-2-3-13-7-15(5-4-12(13)6-11)21-9-14(18)8-17/h2-7,10,14,17-18H,8-9H2,1H3,(H,19,20). The quantitative estimate of drug-likeness (QED) is 0.754. The van der Waals surface area contributed by atoms with E-state index in [2.05, 4.69) is 0 Å². The van der Waals surface area contributed by atoms with Crippen LogP contribution in [0.1, 0.15) is 18.4 Å². The van der Waals surface area contributed by atoms with Crippen molar-refractivity contribution in [3.05, 3.63) is 42.0 Å². The Morgan fingerprint density at radius 2 is 1.86 bits per heavy atom. The monoisotopic (exact) mass is 290 g/mol. The Bertz CT molecular complexity index is 638. The fraction of sp³-hybridized carbons (Fsp3) is 0.312. The lowest BCUT2D eigenvalue weighted by atomic mass is 9.98. The van der Waals surface area contributed by atoms with Crippen LogP contribution in [0, 0.1) is 0 Å². The van der Waals surface area contributed by atoms with Gasteiger partial charge in [0.25, 0.3) is 0 Å². The van der Waals surface area contributed by atoms with Gasteiger partial charge in [-0.25, -0.2) is 0 Å². The van der Waals surface area contributed by atoms with Crippen LogP contribution in [0.3, 0.4) is 0 Å². The van der Waals surface area contributed by atoms with Crippen molar-refractivity contribution in [1.82, 2.24) is 0 Å². The molecule has 3 N–H and O–H groups in total. The summed E-state index contributed by atoms with van der Waals surface area (Å²) >= 11 is 0. The topological polar surface area (TPSA) is 87.0 Å². The Balaban J connectivity index is 2.21. The number of carboxylic acids is 1. The first-order chi connectivity index (χ1) is 10.0. The molecule has 0 spiro atoms. The summed E-state index contributed by atoms with van der Waals surface area (Å²) in [4.78, 5) is 11.0. The van der Waals surface area contributed by atoms with E-state index in [1.807, 2.05) is 24.3 Å². The number of aliphatic hydroxyl groups is 2. The lowest BCUT2D eigenvalue weighted by Gasteiger charge is -2.11. The molecule has 2 aromatic rings. The zero-order valence-corrected chi connectivity index (χ0v) is 11.7. The first-order valence-corrected chi connectivity index (χ1v) is 6.69. The van der Waals surface area contributed by atoms with Crippen LogP contribution in [0.4, 0.5) is 0 Å². The van der Waals surface area contributed by atoms with Crippen molar-refractivity contribution in [2.45, 2.75) is 18.9 Å². The third kappa shape index (κ3) is 3.71. The Hall–Kier alpha value is -2.11. The fourth-order valence-electron chi connectivity index (χ4n) is 1.99. The Morgan fingerprint density at radius 1 is 1.19 bits per heavy atom.